The van der Waals surface area contributed by atoms with Crippen LogP contribution in [-0.2, 0) is 11.2 Å². The Bertz CT molecular complexity index is 1150. The molecule has 1 amide bonds. The number of piperidine rings is 1. The number of benzene rings is 1. The normalized spacial score (nSPS) is 17.2. The van der Waals surface area contributed by atoms with Crippen LogP contribution in [0.2, 0.25) is 0 Å². The molecule has 0 spiro atoms. The number of amides is 1. The number of thioether (sulfide) groups is 1. The van der Waals surface area contributed by atoms with E-state index >= 15 is 0 Å². The first-order valence-corrected chi connectivity index (χ1v) is 12.1. The van der Waals surface area contributed by atoms with Gasteiger partial charge in [0.05, 0.1) is 21.8 Å². The second kappa shape index (κ2) is 9.46. The van der Waals surface area contributed by atoms with Gasteiger partial charge >= 0.3 is 0 Å². The van der Waals surface area contributed by atoms with E-state index in [9.17, 15) is 9.18 Å². The molecule has 0 saturated carbocycles. The van der Waals surface area contributed by atoms with Gasteiger partial charge in [-0.2, -0.15) is 0 Å². The molecule has 7 heteroatoms. The molecule has 1 atom stereocenters. The Labute approximate surface area is 191 Å². The quantitative estimate of drug-likeness (QED) is 0.559. The molecule has 3 aromatic rings. The molecule has 1 aromatic carbocycles. The molecular formula is C25H27FN4OS. The Hall–Kier alpha value is -2.64. The number of carbonyl (C=O) groups excluding carboxylic acids is 1. The minimum atomic E-state index is -0.149. The van der Waals surface area contributed by atoms with Crippen LogP contribution in [0.1, 0.15) is 36.9 Å². The van der Waals surface area contributed by atoms with Crippen LogP contribution in [-0.4, -0.2) is 34.4 Å². The fourth-order valence-electron chi connectivity index (χ4n) is 4.72. The number of nitrogens with zero attached hydrogens (tertiary/aromatic N) is 2. The Morgan fingerprint density at radius 1 is 1.22 bits per heavy atom. The third-order valence-corrected chi connectivity index (χ3v) is 7.48. The van der Waals surface area contributed by atoms with Gasteiger partial charge in [-0.25, -0.2) is 9.37 Å². The van der Waals surface area contributed by atoms with Gasteiger partial charge in [0.15, 0.2) is 0 Å². The largest absolute Gasteiger partial charge is 0.349 e. The van der Waals surface area contributed by atoms with Gasteiger partial charge in [0, 0.05) is 6.04 Å². The maximum Gasteiger partial charge on any atom is 0.258 e. The van der Waals surface area contributed by atoms with Crippen molar-refractivity contribution in [3.05, 3.63) is 70.6 Å². The highest BCUT2D eigenvalue weighted by Crippen LogP contribution is 2.34. The molecule has 2 aliphatic rings. The second-order valence-electron chi connectivity index (χ2n) is 8.50. The molecule has 1 unspecified atom stereocenters. The van der Waals surface area contributed by atoms with Crippen LogP contribution in [0, 0.1) is 11.7 Å². The van der Waals surface area contributed by atoms with Crippen molar-refractivity contribution in [1.29, 1.82) is 0 Å². The Morgan fingerprint density at radius 3 is 2.91 bits per heavy atom. The van der Waals surface area contributed by atoms with Crippen molar-refractivity contribution in [3.8, 4) is 0 Å². The Kier molecular flexibility index (Phi) is 6.28. The zero-order chi connectivity index (χ0) is 21.9. The Balaban J connectivity index is 1.29. The lowest BCUT2D eigenvalue weighted by Crippen LogP contribution is -2.44. The van der Waals surface area contributed by atoms with Crippen LogP contribution in [0.3, 0.4) is 0 Å². The van der Waals surface area contributed by atoms with Gasteiger partial charge in [-0.05, 0) is 81.0 Å². The summed E-state index contributed by atoms with van der Waals surface area (Å²) in [4.78, 5) is 18.4. The van der Waals surface area contributed by atoms with Gasteiger partial charge in [0.2, 0.25) is 0 Å². The van der Waals surface area contributed by atoms with Crippen molar-refractivity contribution in [3.63, 3.8) is 0 Å². The topological polar surface area (TPSA) is 58.4 Å². The van der Waals surface area contributed by atoms with Crippen molar-refractivity contribution >= 4 is 29.4 Å². The molecule has 5 nitrogen and oxygen atoms in total. The highest BCUT2D eigenvalue weighted by Gasteiger charge is 2.27. The number of carbonyl (C=O) groups is 1. The monoisotopic (exact) mass is 450 g/mol. The van der Waals surface area contributed by atoms with Gasteiger partial charge in [0.1, 0.15) is 11.5 Å². The first-order chi connectivity index (χ1) is 15.7. The highest BCUT2D eigenvalue weighted by molar-refractivity contribution is 8.04. The minimum absolute atomic E-state index is 0.0334. The van der Waals surface area contributed by atoms with Crippen molar-refractivity contribution in [2.45, 2.75) is 43.2 Å². The lowest BCUT2D eigenvalue weighted by atomic mass is 9.86. The lowest BCUT2D eigenvalue weighted by Gasteiger charge is -2.32. The molecule has 0 radical (unpaired) electrons. The van der Waals surface area contributed by atoms with E-state index in [2.05, 4.69) is 20.0 Å². The smallest absolute Gasteiger partial charge is 0.258 e. The average molecular weight is 451 g/mol. The molecule has 0 aliphatic carbocycles. The second-order valence-corrected chi connectivity index (χ2v) is 9.56. The first kappa shape index (κ1) is 21.2. The summed E-state index contributed by atoms with van der Waals surface area (Å²) >= 11 is 1.48. The Morgan fingerprint density at radius 2 is 2.06 bits per heavy atom. The van der Waals surface area contributed by atoms with E-state index in [-0.39, 0.29) is 17.8 Å². The predicted octanol–water partition coefficient (Wildman–Crippen LogP) is 4.43. The van der Waals surface area contributed by atoms with E-state index in [0.29, 0.717) is 17.2 Å². The van der Waals surface area contributed by atoms with Crippen LogP contribution in [0.25, 0.3) is 11.7 Å². The summed E-state index contributed by atoms with van der Waals surface area (Å²) in [6.45, 7) is 1.95. The average Bonchev–Trinajstić information content (AvgIpc) is 3.24. The van der Waals surface area contributed by atoms with E-state index in [1.54, 1.807) is 6.07 Å². The van der Waals surface area contributed by atoms with Crippen LogP contribution in [0.15, 0.2) is 58.6 Å². The molecule has 5 rings (SSSR count). The molecule has 1 fully saturated rings. The molecule has 2 aromatic heterocycles. The maximum absolute atomic E-state index is 14.0. The number of rotatable bonds is 7. The van der Waals surface area contributed by atoms with Gasteiger partial charge in [-0.15, -0.1) is 0 Å². The number of hydrogen-bond donors (Lipinski definition) is 2. The van der Waals surface area contributed by atoms with Crippen molar-refractivity contribution in [2.24, 2.45) is 5.92 Å². The molecule has 166 valence electrons. The molecular weight excluding hydrogens is 423 g/mol. The minimum Gasteiger partial charge on any atom is -0.349 e. The molecule has 32 heavy (non-hydrogen) atoms. The number of imidazole rings is 1. The number of aromatic nitrogens is 2. The van der Waals surface area contributed by atoms with E-state index in [4.69, 9.17) is 0 Å². The van der Waals surface area contributed by atoms with Crippen LogP contribution < -0.4 is 10.6 Å². The fraction of sp³-hybridized carbons (Fsp3) is 0.360. The van der Waals surface area contributed by atoms with E-state index in [1.165, 1.54) is 17.8 Å². The molecule has 2 N–H and O–H groups in total. The number of halogens is 1. The van der Waals surface area contributed by atoms with Gasteiger partial charge < -0.3 is 10.6 Å². The van der Waals surface area contributed by atoms with Crippen LogP contribution in [0.4, 0.5) is 4.39 Å². The summed E-state index contributed by atoms with van der Waals surface area (Å²) in [5, 5.41) is 7.74. The van der Waals surface area contributed by atoms with Gasteiger partial charge in [-0.3, -0.25) is 9.20 Å². The molecule has 0 bridgehead atoms. The molecule has 2 aliphatic heterocycles. The number of aryl methyl sites for hydroxylation is 1. The number of hydrogen-bond acceptors (Lipinski definition) is 4. The number of nitrogens with one attached hydrogen (secondary N) is 2. The number of pyridine rings is 1. The van der Waals surface area contributed by atoms with Gasteiger partial charge in [-0.1, -0.05) is 36.0 Å². The highest BCUT2D eigenvalue weighted by atomic mass is 32.2. The summed E-state index contributed by atoms with van der Waals surface area (Å²) < 4.78 is 16.1. The summed E-state index contributed by atoms with van der Waals surface area (Å²) in [6, 6.07) is 13.0. The third kappa shape index (κ3) is 4.45. The maximum atomic E-state index is 14.0. The van der Waals surface area contributed by atoms with E-state index in [0.717, 1.165) is 60.7 Å². The lowest BCUT2D eigenvalue weighted by molar-refractivity contribution is -0.117. The first-order valence-electron chi connectivity index (χ1n) is 11.3. The zero-order valence-electron chi connectivity index (χ0n) is 17.9. The predicted molar refractivity (Wildman–Crippen MR) is 126 cm³/mol. The summed E-state index contributed by atoms with van der Waals surface area (Å²) in [7, 11) is 0. The van der Waals surface area contributed by atoms with Gasteiger partial charge in [0.25, 0.3) is 5.91 Å². The summed E-state index contributed by atoms with van der Waals surface area (Å²) in [5.74, 6) is 0.252. The van der Waals surface area contributed by atoms with Crippen molar-refractivity contribution in [1.82, 2.24) is 20.0 Å². The van der Waals surface area contributed by atoms with E-state index in [1.807, 2.05) is 42.6 Å². The zero-order valence-corrected chi connectivity index (χ0v) is 18.7. The fourth-order valence-corrected chi connectivity index (χ4v) is 5.72. The SMILES string of the molecule is O=C(NC(CCCc1ccccc1F)C1CCNCC1)C1=Cc2cnc3cccc(n23)S1. The standard InChI is InChI=1S/C25H27FN4OS/c26-20-7-2-1-5-17(20)6-3-8-21(18-11-13-27-14-12-18)29-25(31)22-15-19-16-28-23-9-4-10-24(32-22)30(19)23/h1-2,4-5,7,9-10,15-16,18,21,27H,3,6,8,11-14H2,(H,29,31). The van der Waals surface area contributed by atoms with E-state index < -0.39 is 0 Å². The third-order valence-electron chi connectivity index (χ3n) is 6.43. The van der Waals surface area contributed by atoms with Crippen molar-refractivity contribution < 1.29 is 9.18 Å². The van der Waals surface area contributed by atoms with Crippen LogP contribution >= 0.6 is 11.8 Å². The molecule has 1 saturated heterocycles. The summed E-state index contributed by atoms with van der Waals surface area (Å²) in [6.07, 6.45) is 8.19. The van der Waals surface area contributed by atoms with Crippen LogP contribution in [0.5, 0.6) is 0 Å². The van der Waals surface area contributed by atoms with Crippen molar-refractivity contribution in [2.75, 3.05) is 13.1 Å². The molecule has 4 heterocycles. The summed E-state index contributed by atoms with van der Waals surface area (Å²) in [5.41, 5.74) is 2.56.